The highest BCUT2D eigenvalue weighted by molar-refractivity contribution is 5.28. The smallest absolute Gasteiger partial charge is 0.0593 e. The second kappa shape index (κ2) is 8.64. The van der Waals surface area contributed by atoms with Crippen molar-refractivity contribution in [2.75, 3.05) is 6.61 Å². The molecule has 3 fully saturated rings. The lowest BCUT2D eigenvalue weighted by Crippen LogP contribution is -2.53. The van der Waals surface area contributed by atoms with Gasteiger partial charge in [-0.1, -0.05) is 58.4 Å². The van der Waals surface area contributed by atoms with E-state index in [-0.39, 0.29) is 24.0 Å². The van der Waals surface area contributed by atoms with E-state index in [1.54, 1.807) is 5.57 Å². The van der Waals surface area contributed by atoms with Crippen molar-refractivity contribution in [3.8, 4) is 0 Å². The Morgan fingerprint density at radius 2 is 1.74 bits per heavy atom. The van der Waals surface area contributed by atoms with Crippen LogP contribution in [0.1, 0.15) is 92.4 Å². The molecule has 2 heteroatoms. The number of fused-ring (bicyclic) bond motifs is 5. The first-order valence-electron chi connectivity index (χ1n) is 13.3. The van der Waals surface area contributed by atoms with E-state index >= 15 is 0 Å². The van der Waals surface area contributed by atoms with E-state index in [9.17, 15) is 10.2 Å². The van der Waals surface area contributed by atoms with Gasteiger partial charge in [-0.05, 0) is 104 Å². The molecule has 9 atom stereocenters. The molecule has 0 unspecified atom stereocenters. The molecule has 0 saturated heterocycles. The summed E-state index contributed by atoms with van der Waals surface area (Å²) in [6.45, 7) is 16.6. The molecule has 4 rings (SSSR count). The van der Waals surface area contributed by atoms with Crippen molar-refractivity contribution in [2.24, 2.45) is 52.3 Å². The molecule has 176 valence electrons. The zero-order chi connectivity index (χ0) is 22.6. The lowest BCUT2D eigenvalue weighted by molar-refractivity contribution is -0.0972. The van der Waals surface area contributed by atoms with Gasteiger partial charge in [0.25, 0.3) is 0 Å². The quantitative estimate of drug-likeness (QED) is 0.458. The zero-order valence-corrected chi connectivity index (χ0v) is 20.9. The molecule has 4 aliphatic carbocycles. The van der Waals surface area contributed by atoms with E-state index in [0.29, 0.717) is 23.2 Å². The van der Waals surface area contributed by atoms with Gasteiger partial charge in [0.15, 0.2) is 0 Å². The first kappa shape index (κ1) is 23.6. The molecule has 4 aliphatic rings. The highest BCUT2D eigenvalue weighted by Crippen LogP contribution is 2.67. The van der Waals surface area contributed by atoms with E-state index in [2.05, 4.69) is 47.3 Å². The van der Waals surface area contributed by atoms with Gasteiger partial charge in [0, 0.05) is 12.5 Å². The average molecular weight is 429 g/mol. The first-order chi connectivity index (χ1) is 14.6. The Bertz CT molecular complexity index is 708. The maximum Gasteiger partial charge on any atom is 0.0593 e. The molecule has 0 aromatic carbocycles. The maximum atomic E-state index is 10.5. The van der Waals surface area contributed by atoms with E-state index < -0.39 is 0 Å². The molecule has 2 nitrogen and oxygen atoms in total. The van der Waals surface area contributed by atoms with Gasteiger partial charge in [0.2, 0.25) is 0 Å². The molecule has 2 N–H and O–H groups in total. The second-order valence-corrected chi connectivity index (χ2v) is 12.7. The normalized spacial score (nSPS) is 45.5. The SMILES string of the molecule is C=C(CC[C@@H](C)[C@H]1CC[C@H]2C3=CC[C@H]4[C@H](CO)[C@@H](O)CC[C@]4(C)[C@H]3CC[C@]12C)C(C)C. The Labute approximate surface area is 191 Å². The monoisotopic (exact) mass is 428 g/mol. The second-order valence-electron chi connectivity index (χ2n) is 12.7. The number of hydrogen-bond acceptors (Lipinski definition) is 2. The van der Waals surface area contributed by atoms with Crippen LogP contribution in [0.4, 0.5) is 0 Å². The van der Waals surface area contributed by atoms with Crippen LogP contribution in [0.15, 0.2) is 23.8 Å². The number of rotatable bonds is 6. The third kappa shape index (κ3) is 3.78. The Morgan fingerprint density at radius 1 is 1.06 bits per heavy atom. The van der Waals surface area contributed by atoms with Crippen molar-refractivity contribution in [3.63, 3.8) is 0 Å². The molecule has 0 amide bonds. The lowest BCUT2D eigenvalue weighted by Gasteiger charge is -2.59. The van der Waals surface area contributed by atoms with Crippen molar-refractivity contribution >= 4 is 0 Å². The van der Waals surface area contributed by atoms with Crippen molar-refractivity contribution in [2.45, 2.75) is 98.5 Å². The van der Waals surface area contributed by atoms with E-state index in [1.807, 2.05) is 0 Å². The molecular formula is C29H48O2. The summed E-state index contributed by atoms with van der Waals surface area (Å²) in [7, 11) is 0. The fourth-order valence-electron chi connectivity index (χ4n) is 8.87. The van der Waals surface area contributed by atoms with Gasteiger partial charge >= 0.3 is 0 Å². The Morgan fingerprint density at radius 3 is 2.42 bits per heavy atom. The maximum absolute atomic E-state index is 10.5. The topological polar surface area (TPSA) is 40.5 Å². The standard InChI is InChI=1S/C29H48O2/c1-18(2)19(3)7-8-20(4)23-11-12-24-21-9-10-25-22(17-30)27(31)14-16-29(25,6)26(21)13-15-28(23,24)5/h9,18,20,22-27,30-31H,3,7-8,10-17H2,1-2,4-6H3/t20-,22+,23-,24+,25+,26+,27+,28-,29+/m1/s1. The average Bonchev–Trinajstić information content (AvgIpc) is 3.09. The summed E-state index contributed by atoms with van der Waals surface area (Å²) in [6, 6.07) is 0. The van der Waals surface area contributed by atoms with Crippen molar-refractivity contribution in [1.29, 1.82) is 0 Å². The largest absolute Gasteiger partial charge is 0.396 e. The fraction of sp³-hybridized carbons (Fsp3) is 0.862. The number of aliphatic hydroxyl groups is 2. The van der Waals surface area contributed by atoms with Gasteiger partial charge in [-0.15, -0.1) is 0 Å². The van der Waals surface area contributed by atoms with Gasteiger partial charge in [0.05, 0.1) is 6.10 Å². The Hall–Kier alpha value is -0.600. The molecule has 3 saturated carbocycles. The highest BCUT2D eigenvalue weighted by Gasteiger charge is 2.59. The summed E-state index contributed by atoms with van der Waals surface area (Å²) in [5.74, 6) is 4.14. The summed E-state index contributed by atoms with van der Waals surface area (Å²) in [5, 5.41) is 20.6. The number of allylic oxidation sites excluding steroid dienone is 3. The van der Waals surface area contributed by atoms with E-state index in [0.717, 1.165) is 37.0 Å². The molecule has 31 heavy (non-hydrogen) atoms. The molecular weight excluding hydrogens is 380 g/mol. The molecule has 0 heterocycles. The van der Waals surface area contributed by atoms with Crippen molar-refractivity contribution < 1.29 is 10.2 Å². The summed E-state index contributed by atoms with van der Waals surface area (Å²) >= 11 is 0. The predicted octanol–water partition coefficient (Wildman–Crippen LogP) is 6.77. The minimum atomic E-state index is -0.316. The van der Waals surface area contributed by atoms with Crippen LogP contribution in [-0.2, 0) is 0 Å². The van der Waals surface area contributed by atoms with Crippen LogP contribution in [0.2, 0.25) is 0 Å². The predicted molar refractivity (Wildman–Crippen MR) is 130 cm³/mol. The summed E-state index contributed by atoms with van der Waals surface area (Å²) < 4.78 is 0. The van der Waals surface area contributed by atoms with E-state index in [1.165, 1.54) is 44.1 Å². The summed E-state index contributed by atoms with van der Waals surface area (Å²) in [6.07, 6.45) is 13.2. The van der Waals surface area contributed by atoms with Gasteiger partial charge in [-0.25, -0.2) is 0 Å². The summed E-state index contributed by atoms with van der Waals surface area (Å²) in [4.78, 5) is 0. The third-order valence-electron chi connectivity index (χ3n) is 11.1. The lowest BCUT2D eigenvalue weighted by atomic mass is 9.46. The fourth-order valence-corrected chi connectivity index (χ4v) is 8.87. The Balaban J connectivity index is 1.53. The molecule has 0 radical (unpaired) electrons. The van der Waals surface area contributed by atoms with Crippen LogP contribution >= 0.6 is 0 Å². The van der Waals surface area contributed by atoms with Gasteiger partial charge in [0.1, 0.15) is 0 Å². The van der Waals surface area contributed by atoms with Crippen molar-refractivity contribution in [1.82, 2.24) is 0 Å². The zero-order valence-electron chi connectivity index (χ0n) is 20.9. The van der Waals surface area contributed by atoms with Gasteiger partial charge < -0.3 is 10.2 Å². The number of aliphatic hydroxyl groups excluding tert-OH is 2. The first-order valence-corrected chi connectivity index (χ1v) is 13.3. The molecule has 0 spiro atoms. The number of hydrogen-bond donors (Lipinski definition) is 2. The van der Waals surface area contributed by atoms with Gasteiger partial charge in [-0.2, -0.15) is 0 Å². The minimum Gasteiger partial charge on any atom is -0.396 e. The minimum absolute atomic E-state index is 0.0651. The van der Waals surface area contributed by atoms with Crippen LogP contribution < -0.4 is 0 Å². The van der Waals surface area contributed by atoms with Crippen LogP contribution in [0.25, 0.3) is 0 Å². The van der Waals surface area contributed by atoms with Crippen LogP contribution in [-0.4, -0.2) is 22.9 Å². The molecule has 0 aliphatic heterocycles. The Kier molecular flexibility index (Phi) is 6.56. The van der Waals surface area contributed by atoms with Crippen LogP contribution in [0.5, 0.6) is 0 Å². The summed E-state index contributed by atoms with van der Waals surface area (Å²) in [5.41, 5.74) is 3.91. The van der Waals surface area contributed by atoms with Gasteiger partial charge in [-0.3, -0.25) is 0 Å². The van der Waals surface area contributed by atoms with Crippen LogP contribution in [0.3, 0.4) is 0 Å². The third-order valence-corrected chi connectivity index (χ3v) is 11.1. The molecule has 0 aromatic heterocycles. The molecule has 0 bridgehead atoms. The van der Waals surface area contributed by atoms with Crippen molar-refractivity contribution in [3.05, 3.63) is 23.8 Å². The highest BCUT2D eigenvalue weighted by atomic mass is 16.3. The van der Waals surface area contributed by atoms with E-state index in [4.69, 9.17) is 0 Å². The molecule has 0 aromatic rings. The van der Waals surface area contributed by atoms with Crippen LogP contribution in [0, 0.1) is 52.3 Å².